The minimum Gasteiger partial charge on any atom is -0.294 e. The molecule has 2 aromatic carbocycles. The van der Waals surface area contributed by atoms with E-state index in [0.717, 1.165) is 12.1 Å². The molecule has 0 aliphatic rings. The first-order chi connectivity index (χ1) is 9.90. The van der Waals surface area contributed by atoms with Crippen LogP contribution in [0.25, 0.3) is 0 Å². The van der Waals surface area contributed by atoms with E-state index in [1.165, 1.54) is 12.1 Å². The Bertz CT molecular complexity index is 708. The van der Waals surface area contributed by atoms with Gasteiger partial charge in [0.1, 0.15) is 0 Å². The molecule has 106 valence electrons. The maximum absolute atomic E-state index is 12.6. The van der Waals surface area contributed by atoms with E-state index < -0.39 is 11.7 Å². The largest absolute Gasteiger partial charge is 0.416 e. The zero-order valence-corrected chi connectivity index (χ0v) is 10.9. The van der Waals surface area contributed by atoms with E-state index in [2.05, 4.69) is 5.92 Å². The highest BCUT2D eigenvalue weighted by atomic mass is 19.4. The maximum Gasteiger partial charge on any atom is 0.416 e. The predicted octanol–water partition coefficient (Wildman–Crippen LogP) is 4.11. The number of hydrogen-bond acceptors (Lipinski definition) is 1. The molecule has 0 radical (unpaired) electrons. The smallest absolute Gasteiger partial charge is 0.294 e. The van der Waals surface area contributed by atoms with Crippen LogP contribution < -0.4 is 0 Å². The number of benzene rings is 2. The van der Waals surface area contributed by atoms with Gasteiger partial charge >= 0.3 is 6.18 Å². The number of halogens is 3. The number of hydrogen-bond donors (Lipinski definition) is 0. The first-order valence-electron chi connectivity index (χ1n) is 6.16. The summed E-state index contributed by atoms with van der Waals surface area (Å²) in [6.07, 6.45) is 0.739. The van der Waals surface area contributed by atoms with Crippen molar-refractivity contribution in [1.82, 2.24) is 0 Å². The Morgan fingerprint density at radius 2 is 1.81 bits per heavy atom. The highest BCUT2D eigenvalue weighted by Gasteiger charge is 2.30. The molecule has 0 N–H and O–H groups in total. The molecular weight excluding hydrogens is 277 g/mol. The average Bonchev–Trinajstić information content (AvgIpc) is 2.46. The van der Waals surface area contributed by atoms with Gasteiger partial charge in [0.15, 0.2) is 5.78 Å². The molecule has 0 heterocycles. The molecule has 0 spiro atoms. The van der Waals surface area contributed by atoms with Crippen LogP contribution in [0.5, 0.6) is 0 Å². The lowest BCUT2D eigenvalue weighted by molar-refractivity contribution is -0.137. The number of terminal acetylenes is 1. The molecule has 2 rings (SSSR count). The fourth-order valence-electron chi connectivity index (χ4n) is 1.93. The van der Waals surface area contributed by atoms with E-state index >= 15 is 0 Å². The third-order valence-electron chi connectivity index (χ3n) is 2.97. The average molecular weight is 288 g/mol. The molecule has 0 bridgehead atoms. The van der Waals surface area contributed by atoms with Crippen LogP contribution in [0.15, 0.2) is 48.5 Å². The van der Waals surface area contributed by atoms with Crippen molar-refractivity contribution < 1.29 is 18.0 Å². The predicted molar refractivity (Wildman–Crippen MR) is 73.9 cm³/mol. The molecule has 0 aromatic heterocycles. The van der Waals surface area contributed by atoms with Crippen LogP contribution in [-0.4, -0.2) is 5.78 Å². The lowest BCUT2D eigenvalue weighted by atomic mass is 10.00. The number of carbonyl (C=O) groups is 1. The molecule has 0 unspecified atom stereocenters. The standard InChI is InChI=1S/C17H11F3O/c1-2-12-5-3-7-14(9-12)16(21)11-13-6-4-8-15(10-13)17(18,19)20/h1,3-10H,11H2. The normalized spacial score (nSPS) is 11.0. The first-order valence-corrected chi connectivity index (χ1v) is 6.16. The monoisotopic (exact) mass is 288 g/mol. The molecule has 0 atom stereocenters. The van der Waals surface area contributed by atoms with Crippen molar-refractivity contribution in [2.45, 2.75) is 12.6 Å². The molecule has 1 nitrogen and oxygen atoms in total. The van der Waals surface area contributed by atoms with Crippen LogP contribution in [0.3, 0.4) is 0 Å². The van der Waals surface area contributed by atoms with Crippen molar-refractivity contribution in [3.8, 4) is 12.3 Å². The maximum atomic E-state index is 12.6. The second-order valence-electron chi connectivity index (χ2n) is 4.52. The van der Waals surface area contributed by atoms with E-state index in [1.807, 2.05) is 0 Å². The number of ketones is 1. The van der Waals surface area contributed by atoms with Gasteiger partial charge in [-0.3, -0.25) is 4.79 Å². The Hall–Kier alpha value is -2.54. The van der Waals surface area contributed by atoms with Crippen molar-refractivity contribution in [1.29, 1.82) is 0 Å². The molecule has 0 aliphatic carbocycles. The van der Waals surface area contributed by atoms with Crippen LogP contribution >= 0.6 is 0 Å². The second-order valence-corrected chi connectivity index (χ2v) is 4.52. The number of rotatable bonds is 3. The van der Waals surface area contributed by atoms with Crippen molar-refractivity contribution in [3.63, 3.8) is 0 Å². The van der Waals surface area contributed by atoms with E-state index in [1.54, 1.807) is 24.3 Å². The summed E-state index contributed by atoms with van der Waals surface area (Å²) in [5.41, 5.74) is 0.513. The topological polar surface area (TPSA) is 17.1 Å². The third-order valence-corrected chi connectivity index (χ3v) is 2.97. The molecule has 0 fully saturated rings. The highest BCUT2D eigenvalue weighted by Crippen LogP contribution is 2.29. The Labute approximate surface area is 120 Å². The summed E-state index contributed by atoms with van der Waals surface area (Å²) >= 11 is 0. The summed E-state index contributed by atoms with van der Waals surface area (Å²) in [5, 5.41) is 0. The molecule has 0 saturated heterocycles. The second kappa shape index (κ2) is 5.84. The van der Waals surface area contributed by atoms with Crippen LogP contribution in [0, 0.1) is 12.3 Å². The number of alkyl halides is 3. The van der Waals surface area contributed by atoms with E-state index in [-0.39, 0.29) is 12.2 Å². The van der Waals surface area contributed by atoms with Crippen molar-refractivity contribution in [3.05, 3.63) is 70.8 Å². The molecule has 0 aliphatic heterocycles. The Morgan fingerprint density at radius 3 is 2.48 bits per heavy atom. The van der Waals surface area contributed by atoms with Gasteiger partial charge in [0, 0.05) is 17.5 Å². The zero-order valence-electron chi connectivity index (χ0n) is 10.9. The lowest BCUT2D eigenvalue weighted by Crippen LogP contribution is -2.08. The Morgan fingerprint density at radius 1 is 1.10 bits per heavy atom. The minimum absolute atomic E-state index is 0.0993. The van der Waals surface area contributed by atoms with Crippen molar-refractivity contribution in [2.24, 2.45) is 0 Å². The summed E-state index contributed by atoms with van der Waals surface area (Å²) in [6.45, 7) is 0. The number of Topliss-reactive ketones (excluding diaryl/α,β-unsaturated/α-hetero) is 1. The fraction of sp³-hybridized carbons (Fsp3) is 0.118. The summed E-state index contributed by atoms with van der Waals surface area (Å²) in [7, 11) is 0. The fourth-order valence-corrected chi connectivity index (χ4v) is 1.93. The summed E-state index contributed by atoms with van der Waals surface area (Å²) in [4.78, 5) is 12.1. The third kappa shape index (κ3) is 3.73. The lowest BCUT2D eigenvalue weighted by Gasteiger charge is -2.08. The van der Waals surface area contributed by atoms with Crippen molar-refractivity contribution in [2.75, 3.05) is 0 Å². The molecular formula is C17H11F3O. The zero-order chi connectivity index (χ0) is 15.5. The van der Waals surface area contributed by atoms with Gasteiger partial charge in [-0.05, 0) is 23.8 Å². The van der Waals surface area contributed by atoms with Gasteiger partial charge in [0.2, 0.25) is 0 Å². The van der Waals surface area contributed by atoms with Gasteiger partial charge < -0.3 is 0 Å². The summed E-state index contributed by atoms with van der Waals surface area (Å²) in [6, 6.07) is 11.2. The molecule has 0 saturated carbocycles. The van der Waals surface area contributed by atoms with Crippen LogP contribution in [0.2, 0.25) is 0 Å². The molecule has 4 heteroatoms. The highest BCUT2D eigenvalue weighted by molar-refractivity contribution is 5.97. The Kier molecular flexibility index (Phi) is 4.13. The van der Waals surface area contributed by atoms with E-state index in [0.29, 0.717) is 16.7 Å². The Balaban J connectivity index is 2.22. The summed E-state index contributed by atoms with van der Waals surface area (Å²) in [5.74, 6) is 2.14. The van der Waals surface area contributed by atoms with Crippen LogP contribution in [0.4, 0.5) is 13.2 Å². The van der Waals surface area contributed by atoms with Gasteiger partial charge in [-0.25, -0.2) is 0 Å². The van der Waals surface area contributed by atoms with Gasteiger partial charge in [-0.15, -0.1) is 6.42 Å². The molecule has 0 amide bonds. The first kappa shape index (κ1) is 14.9. The molecule has 21 heavy (non-hydrogen) atoms. The number of carbonyl (C=O) groups excluding carboxylic acids is 1. The van der Waals surface area contributed by atoms with Gasteiger partial charge in [0.25, 0.3) is 0 Å². The SMILES string of the molecule is C#Cc1cccc(C(=O)Cc2cccc(C(F)(F)F)c2)c1. The van der Waals surface area contributed by atoms with Crippen molar-refractivity contribution >= 4 is 5.78 Å². The van der Waals surface area contributed by atoms with Crippen LogP contribution in [0.1, 0.15) is 27.0 Å². The summed E-state index contributed by atoms with van der Waals surface area (Å²) < 4.78 is 37.9. The quantitative estimate of drug-likeness (QED) is 0.613. The minimum atomic E-state index is -4.41. The van der Waals surface area contributed by atoms with Gasteiger partial charge in [-0.2, -0.15) is 13.2 Å². The van der Waals surface area contributed by atoms with Crippen LogP contribution in [-0.2, 0) is 12.6 Å². The van der Waals surface area contributed by atoms with E-state index in [9.17, 15) is 18.0 Å². The molecule has 2 aromatic rings. The van der Waals surface area contributed by atoms with Gasteiger partial charge in [0.05, 0.1) is 5.56 Å². The van der Waals surface area contributed by atoms with E-state index in [4.69, 9.17) is 6.42 Å². The van der Waals surface area contributed by atoms with Gasteiger partial charge in [-0.1, -0.05) is 36.3 Å².